The Hall–Kier alpha value is -2.76. The fourth-order valence-corrected chi connectivity index (χ4v) is 2.62. The van der Waals surface area contributed by atoms with Gasteiger partial charge < -0.3 is 14.2 Å². The molecule has 1 aliphatic heterocycles. The third-order valence-corrected chi connectivity index (χ3v) is 4.13. The molecule has 0 atom stereocenters. The van der Waals surface area contributed by atoms with Gasteiger partial charge in [0, 0.05) is 11.6 Å². The second-order valence-corrected chi connectivity index (χ2v) is 5.92. The van der Waals surface area contributed by atoms with E-state index in [1.165, 1.54) is 12.8 Å². The molecule has 1 aliphatic carbocycles. The molecule has 5 rings (SSSR count). The van der Waals surface area contributed by atoms with Gasteiger partial charge in [-0.15, -0.1) is 5.10 Å². The third kappa shape index (κ3) is 2.36. The Kier molecular flexibility index (Phi) is 2.70. The zero-order chi connectivity index (χ0) is 15.2. The van der Waals surface area contributed by atoms with Crippen molar-refractivity contribution in [3.05, 3.63) is 36.5 Å². The number of aromatic nitrogens is 3. The maximum Gasteiger partial charge on any atom is 0.231 e. The van der Waals surface area contributed by atoms with Crippen LogP contribution in [0.3, 0.4) is 0 Å². The molecule has 1 aromatic carbocycles. The minimum atomic E-state index is 0.271. The first-order valence-corrected chi connectivity index (χ1v) is 7.74. The van der Waals surface area contributed by atoms with Gasteiger partial charge in [-0.3, -0.25) is 0 Å². The number of benzene rings is 1. The van der Waals surface area contributed by atoms with Gasteiger partial charge in [0.05, 0.1) is 18.5 Å². The molecule has 0 unspecified atom stereocenters. The van der Waals surface area contributed by atoms with Gasteiger partial charge in [0.15, 0.2) is 17.1 Å². The zero-order valence-electron chi connectivity index (χ0n) is 12.4. The summed E-state index contributed by atoms with van der Waals surface area (Å²) in [5.74, 6) is 2.87. The number of hydrogen-bond acceptors (Lipinski definition) is 5. The molecular weight excluding hydrogens is 294 g/mol. The van der Waals surface area contributed by atoms with E-state index in [0.717, 1.165) is 35.0 Å². The highest BCUT2D eigenvalue weighted by molar-refractivity contribution is 5.66. The van der Waals surface area contributed by atoms with Gasteiger partial charge in [-0.1, -0.05) is 0 Å². The van der Waals surface area contributed by atoms with Crippen LogP contribution in [0.2, 0.25) is 0 Å². The molecule has 1 saturated carbocycles. The Morgan fingerprint density at radius 3 is 2.96 bits per heavy atom. The Morgan fingerprint density at radius 1 is 1.13 bits per heavy atom. The van der Waals surface area contributed by atoms with Gasteiger partial charge in [0.1, 0.15) is 0 Å². The molecular formula is C17H15N3O3. The highest BCUT2D eigenvalue weighted by atomic mass is 16.7. The van der Waals surface area contributed by atoms with E-state index in [9.17, 15) is 0 Å². The summed E-state index contributed by atoms with van der Waals surface area (Å²) in [5, 5.41) is 4.47. The van der Waals surface area contributed by atoms with Crippen LogP contribution in [-0.4, -0.2) is 28.0 Å². The smallest absolute Gasteiger partial charge is 0.231 e. The summed E-state index contributed by atoms with van der Waals surface area (Å²) >= 11 is 0. The lowest BCUT2D eigenvalue weighted by Gasteiger charge is -2.03. The molecule has 0 bridgehead atoms. The average molecular weight is 309 g/mol. The second kappa shape index (κ2) is 4.87. The Balaban J connectivity index is 1.47. The summed E-state index contributed by atoms with van der Waals surface area (Å²) in [4.78, 5) is 4.61. The molecule has 3 aromatic rings. The molecule has 6 heteroatoms. The largest absolute Gasteiger partial charge is 0.476 e. The molecule has 2 aliphatic rings. The van der Waals surface area contributed by atoms with Crippen molar-refractivity contribution >= 4 is 5.65 Å². The molecule has 0 radical (unpaired) electrons. The summed E-state index contributed by atoms with van der Waals surface area (Å²) in [6.07, 6.45) is 4.43. The lowest BCUT2D eigenvalue weighted by atomic mass is 10.1. The van der Waals surface area contributed by atoms with Crippen LogP contribution >= 0.6 is 0 Å². The number of fused-ring (bicyclic) bond motifs is 2. The maximum atomic E-state index is 5.72. The van der Waals surface area contributed by atoms with Gasteiger partial charge in [0.25, 0.3) is 0 Å². The molecule has 2 aromatic heterocycles. The maximum absolute atomic E-state index is 5.72. The van der Waals surface area contributed by atoms with Crippen LogP contribution in [0, 0.1) is 5.92 Å². The van der Waals surface area contributed by atoms with Crippen molar-refractivity contribution in [3.8, 4) is 28.6 Å². The average Bonchev–Trinajstić information content (AvgIpc) is 3.12. The van der Waals surface area contributed by atoms with Crippen molar-refractivity contribution in [1.82, 2.24) is 14.6 Å². The summed E-state index contributed by atoms with van der Waals surface area (Å²) in [6.45, 7) is 1.02. The minimum absolute atomic E-state index is 0.271. The molecule has 0 spiro atoms. The fraction of sp³-hybridized carbons (Fsp3) is 0.294. The van der Waals surface area contributed by atoms with Crippen molar-refractivity contribution in [3.63, 3.8) is 0 Å². The standard InChI is InChI=1S/C17H15N3O3/c1-2-11(1)9-21-17-6-5-16-18-13(8-20(16)19-17)12-3-4-14-15(7-12)23-10-22-14/h3-8,11H,1-2,9-10H2. The monoisotopic (exact) mass is 309 g/mol. The summed E-state index contributed by atoms with van der Waals surface area (Å²) in [6, 6.07) is 9.60. The Morgan fingerprint density at radius 2 is 2.04 bits per heavy atom. The summed E-state index contributed by atoms with van der Waals surface area (Å²) in [7, 11) is 0. The normalized spacial score (nSPS) is 16.0. The molecule has 0 saturated heterocycles. The fourth-order valence-electron chi connectivity index (χ4n) is 2.62. The van der Waals surface area contributed by atoms with Crippen LogP contribution < -0.4 is 14.2 Å². The zero-order valence-corrected chi connectivity index (χ0v) is 12.4. The van der Waals surface area contributed by atoms with Gasteiger partial charge in [-0.2, -0.15) is 0 Å². The lowest BCUT2D eigenvalue weighted by Crippen LogP contribution is -2.02. The van der Waals surface area contributed by atoms with E-state index in [0.29, 0.717) is 11.8 Å². The molecule has 6 nitrogen and oxygen atoms in total. The van der Waals surface area contributed by atoms with Crippen LogP contribution in [0.25, 0.3) is 16.9 Å². The van der Waals surface area contributed by atoms with Crippen LogP contribution in [0.1, 0.15) is 12.8 Å². The molecule has 3 heterocycles. The van der Waals surface area contributed by atoms with Gasteiger partial charge in [-0.05, 0) is 43.0 Å². The van der Waals surface area contributed by atoms with E-state index in [4.69, 9.17) is 14.2 Å². The molecule has 23 heavy (non-hydrogen) atoms. The predicted octanol–water partition coefficient (Wildman–Crippen LogP) is 2.91. The van der Waals surface area contributed by atoms with E-state index in [2.05, 4.69) is 10.1 Å². The first-order valence-electron chi connectivity index (χ1n) is 7.74. The van der Waals surface area contributed by atoms with Gasteiger partial charge in [0.2, 0.25) is 12.7 Å². The number of nitrogens with zero attached hydrogens (tertiary/aromatic N) is 3. The topological polar surface area (TPSA) is 57.9 Å². The Bertz CT molecular complexity index is 886. The van der Waals surface area contributed by atoms with E-state index in [-0.39, 0.29) is 6.79 Å². The Labute approximate surface area is 132 Å². The highest BCUT2D eigenvalue weighted by Crippen LogP contribution is 2.35. The van der Waals surface area contributed by atoms with Gasteiger partial charge in [-0.25, -0.2) is 9.50 Å². The van der Waals surface area contributed by atoms with Crippen LogP contribution in [0.5, 0.6) is 17.4 Å². The van der Waals surface area contributed by atoms with Crippen molar-refractivity contribution in [2.24, 2.45) is 5.92 Å². The SMILES string of the molecule is c1cc2c(cc1-c1cn3nc(OCC4CC4)ccc3n1)OCO2. The predicted molar refractivity (Wildman–Crippen MR) is 82.8 cm³/mol. The molecule has 116 valence electrons. The summed E-state index contributed by atoms with van der Waals surface area (Å²) in [5.41, 5.74) is 2.60. The van der Waals surface area contributed by atoms with E-state index >= 15 is 0 Å². The van der Waals surface area contributed by atoms with Crippen molar-refractivity contribution < 1.29 is 14.2 Å². The highest BCUT2D eigenvalue weighted by Gasteiger charge is 2.22. The number of imidazole rings is 1. The van der Waals surface area contributed by atoms with E-state index < -0.39 is 0 Å². The van der Waals surface area contributed by atoms with Crippen molar-refractivity contribution in [2.75, 3.05) is 13.4 Å². The summed E-state index contributed by atoms with van der Waals surface area (Å²) < 4.78 is 18.2. The molecule has 0 amide bonds. The van der Waals surface area contributed by atoms with Crippen molar-refractivity contribution in [2.45, 2.75) is 12.8 Å². The first kappa shape index (κ1) is 12.8. The van der Waals surface area contributed by atoms with Gasteiger partial charge >= 0.3 is 0 Å². The minimum Gasteiger partial charge on any atom is -0.476 e. The number of rotatable bonds is 4. The molecule has 1 fully saturated rings. The van der Waals surface area contributed by atoms with Crippen LogP contribution in [0.15, 0.2) is 36.5 Å². The number of ether oxygens (including phenoxy) is 3. The van der Waals surface area contributed by atoms with E-state index in [1.54, 1.807) is 4.52 Å². The number of hydrogen-bond donors (Lipinski definition) is 0. The van der Waals surface area contributed by atoms with Crippen LogP contribution in [0.4, 0.5) is 0 Å². The first-order chi connectivity index (χ1) is 11.3. The van der Waals surface area contributed by atoms with Crippen molar-refractivity contribution in [1.29, 1.82) is 0 Å². The second-order valence-electron chi connectivity index (χ2n) is 5.92. The quantitative estimate of drug-likeness (QED) is 0.741. The van der Waals surface area contributed by atoms with Crippen LogP contribution in [-0.2, 0) is 0 Å². The molecule has 0 N–H and O–H groups in total. The van der Waals surface area contributed by atoms with E-state index in [1.807, 2.05) is 36.5 Å². The lowest BCUT2D eigenvalue weighted by molar-refractivity contribution is 0.174. The third-order valence-electron chi connectivity index (χ3n) is 4.13.